The van der Waals surface area contributed by atoms with Gasteiger partial charge in [0.1, 0.15) is 5.82 Å². The van der Waals surface area contributed by atoms with Crippen LogP contribution >= 0.6 is 0 Å². The topological polar surface area (TPSA) is 47.7 Å². The van der Waals surface area contributed by atoms with Crippen LogP contribution in [0, 0.1) is 0 Å². The Hall–Kier alpha value is -1.62. The lowest BCUT2D eigenvalue weighted by Crippen LogP contribution is -2.13. The van der Waals surface area contributed by atoms with Crippen molar-refractivity contribution in [1.82, 2.24) is 24.4 Å². The molecule has 1 atom stereocenters. The summed E-state index contributed by atoms with van der Waals surface area (Å²) in [7, 11) is 2.02. The van der Waals surface area contributed by atoms with E-state index in [0.29, 0.717) is 5.92 Å². The molecule has 1 fully saturated rings. The summed E-state index contributed by atoms with van der Waals surface area (Å²) in [6.45, 7) is 2.97. The second-order valence-corrected chi connectivity index (χ2v) is 4.59. The van der Waals surface area contributed by atoms with E-state index in [9.17, 15) is 0 Å². The van der Waals surface area contributed by atoms with E-state index in [1.165, 1.54) is 12.1 Å². The highest BCUT2D eigenvalue weighted by Gasteiger charge is 2.20. The van der Waals surface area contributed by atoms with Gasteiger partial charge in [-0.05, 0) is 13.0 Å². The Kier molecular flexibility index (Phi) is 2.68. The van der Waals surface area contributed by atoms with Crippen LogP contribution in [0.15, 0.2) is 24.9 Å². The van der Waals surface area contributed by atoms with Gasteiger partial charge >= 0.3 is 0 Å². The van der Waals surface area contributed by atoms with E-state index in [-0.39, 0.29) is 0 Å². The molecule has 5 nitrogen and oxygen atoms in total. The largest absolute Gasteiger partial charge is 0.337 e. The van der Waals surface area contributed by atoms with Crippen molar-refractivity contribution in [3.63, 3.8) is 0 Å². The van der Waals surface area contributed by atoms with Crippen LogP contribution in [0.5, 0.6) is 0 Å². The molecule has 0 bridgehead atoms. The Morgan fingerprint density at radius 1 is 1.53 bits per heavy atom. The predicted octanol–water partition coefficient (Wildman–Crippen LogP) is 0.742. The van der Waals surface area contributed by atoms with Crippen LogP contribution in [0.3, 0.4) is 0 Å². The van der Waals surface area contributed by atoms with Crippen LogP contribution < -0.4 is 5.32 Å². The molecule has 0 saturated carbocycles. The van der Waals surface area contributed by atoms with E-state index >= 15 is 0 Å². The minimum absolute atomic E-state index is 0.595. The van der Waals surface area contributed by atoms with Gasteiger partial charge in [0.25, 0.3) is 0 Å². The molecular formula is C12H17N5. The van der Waals surface area contributed by atoms with Gasteiger partial charge in [0.05, 0.1) is 12.9 Å². The molecular weight excluding hydrogens is 214 g/mol. The molecule has 0 aliphatic carbocycles. The maximum Gasteiger partial charge on any atom is 0.128 e. The smallest absolute Gasteiger partial charge is 0.128 e. The third-order valence-electron chi connectivity index (χ3n) is 3.46. The van der Waals surface area contributed by atoms with Gasteiger partial charge in [0, 0.05) is 43.8 Å². The third-order valence-corrected chi connectivity index (χ3v) is 3.46. The first-order valence-electron chi connectivity index (χ1n) is 6.01. The zero-order valence-corrected chi connectivity index (χ0v) is 10.0. The van der Waals surface area contributed by atoms with Gasteiger partial charge in [-0.15, -0.1) is 0 Å². The number of aromatic nitrogens is 4. The minimum Gasteiger partial charge on any atom is -0.337 e. The van der Waals surface area contributed by atoms with Gasteiger partial charge in [-0.2, -0.15) is 0 Å². The van der Waals surface area contributed by atoms with Gasteiger partial charge in [0.2, 0.25) is 0 Å². The fourth-order valence-corrected chi connectivity index (χ4v) is 2.41. The summed E-state index contributed by atoms with van der Waals surface area (Å²) in [4.78, 5) is 8.63. The third kappa shape index (κ3) is 1.98. The van der Waals surface area contributed by atoms with Crippen molar-refractivity contribution in [2.45, 2.75) is 18.9 Å². The van der Waals surface area contributed by atoms with Crippen LogP contribution in [0.25, 0.3) is 0 Å². The van der Waals surface area contributed by atoms with Crippen molar-refractivity contribution >= 4 is 0 Å². The first-order chi connectivity index (χ1) is 8.34. The molecule has 0 spiro atoms. The molecule has 17 heavy (non-hydrogen) atoms. The van der Waals surface area contributed by atoms with Gasteiger partial charge in [-0.1, -0.05) is 0 Å². The summed E-state index contributed by atoms with van der Waals surface area (Å²) < 4.78 is 4.26. The number of nitrogens with one attached hydrogen (secondary N) is 1. The van der Waals surface area contributed by atoms with E-state index < -0.39 is 0 Å². The summed E-state index contributed by atoms with van der Waals surface area (Å²) >= 11 is 0. The number of hydrogen-bond acceptors (Lipinski definition) is 3. The van der Waals surface area contributed by atoms with Crippen molar-refractivity contribution in [2.24, 2.45) is 7.05 Å². The molecule has 90 valence electrons. The fourth-order valence-electron chi connectivity index (χ4n) is 2.41. The van der Waals surface area contributed by atoms with Gasteiger partial charge in [-0.25, -0.2) is 9.97 Å². The van der Waals surface area contributed by atoms with E-state index in [4.69, 9.17) is 0 Å². The maximum atomic E-state index is 4.36. The van der Waals surface area contributed by atoms with Gasteiger partial charge in [0.15, 0.2) is 0 Å². The lowest BCUT2D eigenvalue weighted by atomic mass is 10.1. The predicted molar refractivity (Wildman–Crippen MR) is 64.8 cm³/mol. The van der Waals surface area contributed by atoms with Crippen LogP contribution in [-0.2, 0) is 13.6 Å². The monoisotopic (exact) mass is 231 g/mol. The molecule has 3 rings (SSSR count). The summed E-state index contributed by atoms with van der Waals surface area (Å²) in [6, 6.07) is 0. The Morgan fingerprint density at radius 2 is 2.47 bits per heavy atom. The lowest BCUT2D eigenvalue weighted by Gasteiger charge is -2.12. The highest BCUT2D eigenvalue weighted by Crippen LogP contribution is 2.22. The first kappa shape index (κ1) is 10.5. The van der Waals surface area contributed by atoms with Crippen molar-refractivity contribution < 1.29 is 0 Å². The average Bonchev–Trinajstić information content (AvgIpc) is 3.02. The zero-order valence-electron chi connectivity index (χ0n) is 10.0. The van der Waals surface area contributed by atoms with Crippen LogP contribution in [0.1, 0.15) is 23.9 Å². The van der Waals surface area contributed by atoms with Crippen molar-refractivity contribution in [3.05, 3.63) is 36.4 Å². The molecule has 3 heterocycles. The lowest BCUT2D eigenvalue weighted by molar-refractivity contribution is 0.624. The highest BCUT2D eigenvalue weighted by molar-refractivity contribution is 5.11. The Bertz CT molecular complexity index is 492. The van der Waals surface area contributed by atoms with E-state index in [1.54, 1.807) is 0 Å². The Labute approximate surface area is 100 Å². The van der Waals surface area contributed by atoms with E-state index in [1.807, 2.05) is 32.0 Å². The summed E-state index contributed by atoms with van der Waals surface area (Å²) in [6.07, 6.45) is 8.90. The minimum atomic E-state index is 0.595. The average molecular weight is 231 g/mol. The number of imidazole rings is 2. The summed E-state index contributed by atoms with van der Waals surface area (Å²) in [5, 5.41) is 3.40. The molecule has 0 aromatic carbocycles. The highest BCUT2D eigenvalue weighted by atomic mass is 15.1. The molecule has 0 amide bonds. The number of rotatable bonds is 3. The zero-order chi connectivity index (χ0) is 11.7. The standard InChI is InChI=1S/C12H17N5/c1-16-5-4-15-12(16)8-17-9-14-7-11(17)10-2-3-13-6-10/h4-5,7,9-10,13H,2-3,6,8H2,1H3. The normalized spacial score (nSPS) is 19.9. The molecule has 1 aliphatic heterocycles. The fraction of sp³-hybridized carbons (Fsp3) is 0.500. The molecule has 0 radical (unpaired) electrons. The quantitative estimate of drug-likeness (QED) is 0.847. The Morgan fingerprint density at radius 3 is 3.18 bits per heavy atom. The summed E-state index contributed by atoms with van der Waals surface area (Å²) in [5.74, 6) is 1.66. The first-order valence-corrected chi connectivity index (χ1v) is 6.01. The molecule has 2 aromatic rings. The second-order valence-electron chi connectivity index (χ2n) is 4.59. The SMILES string of the molecule is Cn1ccnc1Cn1cncc1C1CCNC1. The number of aryl methyl sites for hydroxylation is 1. The molecule has 1 aliphatic rings. The number of nitrogens with zero attached hydrogens (tertiary/aromatic N) is 4. The van der Waals surface area contributed by atoms with Crippen LogP contribution in [0.4, 0.5) is 0 Å². The van der Waals surface area contributed by atoms with Gasteiger partial charge < -0.3 is 14.5 Å². The van der Waals surface area contributed by atoms with E-state index in [2.05, 4.69) is 24.4 Å². The number of hydrogen-bond donors (Lipinski definition) is 1. The molecule has 1 N–H and O–H groups in total. The summed E-state index contributed by atoms with van der Waals surface area (Å²) in [5.41, 5.74) is 1.32. The molecule has 1 saturated heterocycles. The molecule has 5 heteroatoms. The van der Waals surface area contributed by atoms with Crippen LogP contribution in [0.2, 0.25) is 0 Å². The van der Waals surface area contributed by atoms with Crippen molar-refractivity contribution in [3.8, 4) is 0 Å². The van der Waals surface area contributed by atoms with Crippen LogP contribution in [-0.4, -0.2) is 32.2 Å². The molecule has 1 unspecified atom stereocenters. The van der Waals surface area contributed by atoms with E-state index in [0.717, 1.165) is 25.5 Å². The van der Waals surface area contributed by atoms with Crippen molar-refractivity contribution in [1.29, 1.82) is 0 Å². The van der Waals surface area contributed by atoms with Crippen molar-refractivity contribution in [2.75, 3.05) is 13.1 Å². The van der Waals surface area contributed by atoms with Gasteiger partial charge in [-0.3, -0.25) is 0 Å². The maximum absolute atomic E-state index is 4.36. The molecule has 2 aromatic heterocycles. The second kappa shape index (κ2) is 4.33. The Balaban J connectivity index is 1.84.